The number of rotatable bonds is 10. The minimum atomic E-state index is -0.561. The van der Waals surface area contributed by atoms with E-state index in [0.29, 0.717) is 79.9 Å². The first-order chi connectivity index (χ1) is 24.1. The number of hydrogen-bond donors (Lipinski definition) is 3. The smallest absolute Gasteiger partial charge is 0.237 e. The summed E-state index contributed by atoms with van der Waals surface area (Å²) in [6, 6.07) is 14.5. The molecule has 50 heavy (non-hydrogen) atoms. The summed E-state index contributed by atoms with van der Waals surface area (Å²) >= 11 is 0. The maximum atomic E-state index is 13.9. The Morgan fingerprint density at radius 1 is 1.10 bits per heavy atom. The molecule has 260 valence electrons. The molecule has 0 unspecified atom stereocenters. The SMILES string of the molecule is CN=CN=C(N)c1ccc(C2=CCN(C(=O)CN3CC[C@]4(CCN(c5ccc(N)c(C(=N)c6ccc(OC(C)C)cc6)n5)C4=O)C3)CC2)cn1. The summed E-state index contributed by atoms with van der Waals surface area (Å²) in [6.07, 6.45) is 7.38. The molecular formula is C37H44N10O3. The highest BCUT2D eigenvalue weighted by molar-refractivity contribution is 6.13. The zero-order valence-electron chi connectivity index (χ0n) is 28.8. The highest BCUT2D eigenvalue weighted by Gasteiger charge is 2.51. The number of nitrogen functional groups attached to an aromatic ring is 1. The lowest BCUT2D eigenvalue weighted by molar-refractivity contribution is -0.132. The minimum absolute atomic E-state index is 0.00841. The van der Waals surface area contributed by atoms with Crippen LogP contribution in [0, 0.1) is 10.8 Å². The van der Waals surface area contributed by atoms with E-state index >= 15 is 0 Å². The Labute approximate surface area is 292 Å². The van der Waals surface area contributed by atoms with Crippen molar-refractivity contribution in [3.05, 3.63) is 83.3 Å². The van der Waals surface area contributed by atoms with Crippen molar-refractivity contribution in [2.75, 3.05) is 56.9 Å². The number of nitrogens with zero attached hydrogens (tertiary/aromatic N) is 7. The van der Waals surface area contributed by atoms with E-state index in [0.717, 1.165) is 23.3 Å². The molecule has 1 spiro atoms. The lowest BCUT2D eigenvalue weighted by Gasteiger charge is -2.29. The number of amidine groups is 1. The topological polar surface area (TPSA) is 179 Å². The molecule has 0 aliphatic carbocycles. The van der Waals surface area contributed by atoms with Gasteiger partial charge in [-0.15, -0.1) is 0 Å². The molecule has 6 rings (SSSR count). The fourth-order valence-electron chi connectivity index (χ4n) is 6.80. The highest BCUT2D eigenvalue weighted by Crippen LogP contribution is 2.42. The quantitative estimate of drug-likeness (QED) is 0.216. The summed E-state index contributed by atoms with van der Waals surface area (Å²) < 4.78 is 5.73. The molecule has 13 nitrogen and oxygen atoms in total. The van der Waals surface area contributed by atoms with Gasteiger partial charge in [0.2, 0.25) is 11.8 Å². The third-order valence-electron chi connectivity index (χ3n) is 9.52. The number of benzene rings is 1. The Kier molecular flexibility index (Phi) is 10.0. The monoisotopic (exact) mass is 676 g/mol. The molecule has 3 aliphatic heterocycles. The first-order valence-corrected chi connectivity index (χ1v) is 16.9. The van der Waals surface area contributed by atoms with Gasteiger partial charge in [0.15, 0.2) is 5.84 Å². The van der Waals surface area contributed by atoms with Crippen molar-refractivity contribution in [1.82, 2.24) is 19.8 Å². The molecule has 2 fully saturated rings. The van der Waals surface area contributed by atoms with Gasteiger partial charge >= 0.3 is 0 Å². The summed E-state index contributed by atoms with van der Waals surface area (Å²) in [4.78, 5) is 50.0. The molecule has 5 N–H and O–H groups in total. The predicted octanol–water partition coefficient (Wildman–Crippen LogP) is 3.37. The van der Waals surface area contributed by atoms with Crippen LogP contribution in [-0.4, -0.2) is 102 Å². The molecular weight excluding hydrogens is 632 g/mol. The van der Waals surface area contributed by atoms with Gasteiger partial charge in [0, 0.05) is 45.0 Å². The van der Waals surface area contributed by atoms with Gasteiger partial charge in [-0.05, 0) is 93.3 Å². The van der Waals surface area contributed by atoms with Gasteiger partial charge in [-0.25, -0.2) is 9.98 Å². The second-order valence-electron chi connectivity index (χ2n) is 13.3. The first kappa shape index (κ1) is 34.4. The van der Waals surface area contributed by atoms with E-state index < -0.39 is 5.41 Å². The van der Waals surface area contributed by atoms with Crippen LogP contribution in [0.2, 0.25) is 0 Å². The van der Waals surface area contributed by atoms with Crippen LogP contribution in [0.1, 0.15) is 55.6 Å². The number of carbonyl (C=O) groups is 2. The number of hydrogen-bond acceptors (Lipinski definition) is 9. The normalized spacial score (nSPS) is 20.0. The van der Waals surface area contributed by atoms with Crippen molar-refractivity contribution in [2.24, 2.45) is 21.1 Å². The molecule has 13 heteroatoms. The Hall–Kier alpha value is -5.43. The van der Waals surface area contributed by atoms with Gasteiger partial charge in [0.25, 0.3) is 0 Å². The number of ether oxygens (including phenoxy) is 1. The van der Waals surface area contributed by atoms with E-state index in [1.807, 2.05) is 55.1 Å². The molecule has 0 bridgehead atoms. The van der Waals surface area contributed by atoms with E-state index in [1.165, 1.54) is 6.34 Å². The van der Waals surface area contributed by atoms with E-state index in [4.69, 9.17) is 26.6 Å². The van der Waals surface area contributed by atoms with E-state index in [9.17, 15) is 9.59 Å². The third-order valence-corrected chi connectivity index (χ3v) is 9.52. The number of nitrogens with two attached hydrogens (primary N) is 2. The third kappa shape index (κ3) is 7.27. The van der Waals surface area contributed by atoms with Gasteiger partial charge in [0.05, 0.1) is 29.5 Å². The van der Waals surface area contributed by atoms with Crippen molar-refractivity contribution in [3.63, 3.8) is 0 Å². The Morgan fingerprint density at radius 2 is 1.88 bits per heavy atom. The number of aliphatic imine (C=N–C) groups is 2. The standard InChI is InChI=1S/C37H44N10O3/c1-24(2)50-28-7-4-26(5-8-28)33(39)34-29(38)9-11-31(44-34)47-19-15-37(36(47)49)14-18-45(22-37)21-32(48)46-16-12-25(13-17-46)27-6-10-30(42-20-27)35(40)43-23-41-3/h4-12,20,23-24,39H,13-19,21-22,38H2,1-3H3,(H2,40,41,43)/t37-/m0/s1. The summed E-state index contributed by atoms with van der Waals surface area (Å²) in [5.41, 5.74) is 15.9. The predicted molar refractivity (Wildman–Crippen MR) is 196 cm³/mol. The second kappa shape index (κ2) is 14.6. The molecule has 5 heterocycles. The average Bonchev–Trinajstić information content (AvgIpc) is 3.68. The van der Waals surface area contributed by atoms with E-state index in [1.54, 1.807) is 30.3 Å². The number of aromatic nitrogens is 2. The zero-order valence-corrected chi connectivity index (χ0v) is 28.8. The number of pyridine rings is 2. The van der Waals surface area contributed by atoms with E-state index in [2.05, 4.69) is 25.9 Å². The largest absolute Gasteiger partial charge is 0.491 e. The molecule has 2 aromatic heterocycles. The lowest BCUT2D eigenvalue weighted by Crippen LogP contribution is -2.43. The fraction of sp³-hybridized carbons (Fsp3) is 0.378. The van der Waals surface area contributed by atoms with Crippen LogP contribution < -0.4 is 21.1 Å². The van der Waals surface area contributed by atoms with Gasteiger partial charge in [-0.3, -0.25) is 34.8 Å². The van der Waals surface area contributed by atoms with Gasteiger partial charge < -0.3 is 21.1 Å². The van der Waals surface area contributed by atoms with Crippen molar-refractivity contribution in [2.45, 2.75) is 39.2 Å². The zero-order chi connectivity index (χ0) is 35.4. The number of nitrogens with one attached hydrogen (secondary N) is 1. The van der Waals surface area contributed by atoms with Crippen LogP contribution in [-0.2, 0) is 9.59 Å². The Morgan fingerprint density at radius 3 is 2.56 bits per heavy atom. The molecule has 3 aromatic rings. The number of carbonyl (C=O) groups excluding carboxylic acids is 2. The molecule has 2 saturated heterocycles. The number of likely N-dealkylation sites (tertiary alicyclic amines) is 1. The molecule has 1 aromatic carbocycles. The number of anilines is 2. The van der Waals surface area contributed by atoms with Crippen LogP contribution in [0.3, 0.4) is 0 Å². The maximum absolute atomic E-state index is 13.9. The maximum Gasteiger partial charge on any atom is 0.237 e. The van der Waals surface area contributed by atoms with Crippen LogP contribution in [0.15, 0.2) is 70.8 Å². The van der Waals surface area contributed by atoms with Crippen LogP contribution in [0.25, 0.3) is 5.57 Å². The van der Waals surface area contributed by atoms with Gasteiger partial charge in [-0.2, -0.15) is 0 Å². The highest BCUT2D eigenvalue weighted by atomic mass is 16.5. The van der Waals surface area contributed by atoms with Crippen molar-refractivity contribution in [1.29, 1.82) is 5.41 Å². The molecule has 2 amide bonds. The van der Waals surface area contributed by atoms with Crippen LogP contribution in [0.5, 0.6) is 5.75 Å². The average molecular weight is 677 g/mol. The molecule has 3 aliphatic rings. The summed E-state index contributed by atoms with van der Waals surface area (Å²) in [7, 11) is 1.63. The molecule has 0 radical (unpaired) electrons. The number of amides is 2. The van der Waals surface area contributed by atoms with Crippen molar-refractivity contribution >= 4 is 46.8 Å². The first-order valence-electron chi connectivity index (χ1n) is 16.9. The Bertz CT molecular complexity index is 1850. The fourth-order valence-corrected chi connectivity index (χ4v) is 6.80. The summed E-state index contributed by atoms with van der Waals surface area (Å²) in [5.74, 6) is 1.57. The van der Waals surface area contributed by atoms with E-state index in [-0.39, 0.29) is 30.2 Å². The van der Waals surface area contributed by atoms with Crippen LogP contribution in [0.4, 0.5) is 11.5 Å². The Balaban J connectivity index is 1.05. The second-order valence-corrected chi connectivity index (χ2v) is 13.3. The minimum Gasteiger partial charge on any atom is -0.491 e. The van der Waals surface area contributed by atoms with Crippen molar-refractivity contribution < 1.29 is 14.3 Å². The molecule has 1 atom stereocenters. The molecule has 0 saturated carbocycles. The lowest BCUT2D eigenvalue weighted by atomic mass is 9.85. The van der Waals surface area contributed by atoms with Gasteiger partial charge in [-0.1, -0.05) is 12.1 Å². The summed E-state index contributed by atoms with van der Waals surface area (Å²) in [6.45, 7) is 7.06. The van der Waals surface area contributed by atoms with Gasteiger partial charge in [0.1, 0.15) is 29.3 Å². The van der Waals surface area contributed by atoms with Crippen molar-refractivity contribution in [3.8, 4) is 5.75 Å². The summed E-state index contributed by atoms with van der Waals surface area (Å²) in [5, 5.41) is 8.83. The van der Waals surface area contributed by atoms with Crippen LogP contribution >= 0.6 is 0 Å².